The molecule has 0 saturated carbocycles. The molecule has 0 amide bonds. The largest absolute Gasteiger partial charge is 0.393 e. The predicted molar refractivity (Wildman–Crippen MR) is 64.7 cm³/mol. The van der Waals surface area contributed by atoms with Crippen LogP contribution >= 0.6 is 0 Å². The van der Waals surface area contributed by atoms with Crippen molar-refractivity contribution in [2.45, 2.75) is 25.4 Å². The first kappa shape index (κ1) is 11.4. The lowest BCUT2D eigenvalue weighted by atomic mass is 9.92. The summed E-state index contributed by atoms with van der Waals surface area (Å²) < 4.78 is 0. The van der Waals surface area contributed by atoms with Crippen LogP contribution in [0.15, 0.2) is 24.3 Å². The highest BCUT2D eigenvalue weighted by atomic mass is 16.3. The second kappa shape index (κ2) is 4.44. The molecule has 2 rings (SSSR count). The zero-order valence-corrected chi connectivity index (χ0v) is 9.69. The van der Waals surface area contributed by atoms with Crippen molar-refractivity contribution in [2.24, 2.45) is 0 Å². The van der Waals surface area contributed by atoms with E-state index in [9.17, 15) is 5.11 Å². The van der Waals surface area contributed by atoms with Crippen LogP contribution in [0.3, 0.4) is 0 Å². The Kier molecular flexibility index (Phi) is 3.17. The molecule has 1 aromatic carbocycles. The van der Waals surface area contributed by atoms with Gasteiger partial charge in [0.15, 0.2) is 0 Å². The Morgan fingerprint density at radius 3 is 2.44 bits per heavy atom. The molecule has 1 aliphatic heterocycles. The number of aliphatic hydroxyl groups is 2. The molecule has 0 radical (unpaired) electrons. The van der Waals surface area contributed by atoms with Gasteiger partial charge in [-0.3, -0.25) is 0 Å². The molecule has 0 aromatic heterocycles. The second-order valence-electron chi connectivity index (χ2n) is 4.66. The number of anilines is 1. The van der Waals surface area contributed by atoms with Crippen LogP contribution in [-0.4, -0.2) is 35.5 Å². The van der Waals surface area contributed by atoms with Crippen LogP contribution in [0.1, 0.15) is 18.4 Å². The molecule has 1 fully saturated rings. The quantitative estimate of drug-likeness (QED) is 0.791. The third kappa shape index (κ3) is 2.20. The van der Waals surface area contributed by atoms with Crippen LogP contribution in [0.4, 0.5) is 5.69 Å². The Labute approximate surface area is 96.3 Å². The molecular weight excluding hydrogens is 202 g/mol. The lowest BCUT2D eigenvalue weighted by molar-refractivity contribution is -0.0325. The van der Waals surface area contributed by atoms with E-state index in [1.54, 1.807) is 0 Å². The van der Waals surface area contributed by atoms with Gasteiger partial charge in [-0.15, -0.1) is 0 Å². The topological polar surface area (TPSA) is 43.7 Å². The molecule has 16 heavy (non-hydrogen) atoms. The normalized spacial score (nSPS) is 19.8. The summed E-state index contributed by atoms with van der Waals surface area (Å²) in [5.41, 5.74) is 1.64. The molecule has 3 heteroatoms. The van der Waals surface area contributed by atoms with E-state index in [0.717, 1.165) is 13.1 Å². The number of benzene rings is 1. The molecule has 2 N–H and O–H groups in total. The number of nitrogens with zero attached hydrogens (tertiary/aromatic N) is 1. The smallest absolute Gasteiger partial charge is 0.0911 e. The lowest BCUT2D eigenvalue weighted by Crippen LogP contribution is -2.46. The molecule has 1 aliphatic rings. The van der Waals surface area contributed by atoms with Crippen LogP contribution in [0.2, 0.25) is 0 Å². The van der Waals surface area contributed by atoms with Gasteiger partial charge in [0.1, 0.15) is 0 Å². The van der Waals surface area contributed by atoms with Crippen molar-refractivity contribution >= 4 is 5.69 Å². The SMILES string of the molecule is Cc1ccccc1N1CCC(O)(CO)CC1. The summed E-state index contributed by atoms with van der Waals surface area (Å²) in [4.78, 5) is 2.28. The average molecular weight is 221 g/mol. The second-order valence-corrected chi connectivity index (χ2v) is 4.66. The molecule has 0 aliphatic carbocycles. The molecule has 1 aromatic rings. The van der Waals surface area contributed by atoms with E-state index in [1.165, 1.54) is 11.3 Å². The highest BCUT2D eigenvalue weighted by Gasteiger charge is 2.31. The van der Waals surface area contributed by atoms with E-state index < -0.39 is 5.60 Å². The minimum absolute atomic E-state index is 0.130. The number of hydrogen-bond donors (Lipinski definition) is 2. The summed E-state index contributed by atoms with van der Waals surface area (Å²) in [7, 11) is 0. The maximum Gasteiger partial charge on any atom is 0.0911 e. The molecular formula is C13H19NO2. The highest BCUT2D eigenvalue weighted by molar-refractivity contribution is 5.53. The molecule has 0 bridgehead atoms. The average Bonchev–Trinajstić information content (AvgIpc) is 2.31. The van der Waals surface area contributed by atoms with Crippen molar-refractivity contribution in [2.75, 3.05) is 24.6 Å². The van der Waals surface area contributed by atoms with Crippen molar-refractivity contribution in [3.8, 4) is 0 Å². The summed E-state index contributed by atoms with van der Waals surface area (Å²) in [6.45, 7) is 3.58. The summed E-state index contributed by atoms with van der Waals surface area (Å²) >= 11 is 0. The number of rotatable bonds is 2. The number of piperidine rings is 1. The van der Waals surface area contributed by atoms with E-state index in [0.29, 0.717) is 12.8 Å². The Morgan fingerprint density at radius 1 is 1.25 bits per heavy atom. The number of hydrogen-bond acceptors (Lipinski definition) is 3. The molecule has 88 valence electrons. The van der Waals surface area contributed by atoms with E-state index in [1.807, 2.05) is 12.1 Å². The van der Waals surface area contributed by atoms with Crippen molar-refractivity contribution < 1.29 is 10.2 Å². The Bertz CT molecular complexity index is 357. The van der Waals surface area contributed by atoms with Crippen LogP contribution in [-0.2, 0) is 0 Å². The van der Waals surface area contributed by atoms with E-state index >= 15 is 0 Å². The lowest BCUT2D eigenvalue weighted by Gasteiger charge is -2.38. The fourth-order valence-corrected chi connectivity index (χ4v) is 2.24. The van der Waals surface area contributed by atoms with Crippen LogP contribution < -0.4 is 4.90 Å². The maximum atomic E-state index is 9.94. The first-order valence-corrected chi connectivity index (χ1v) is 5.78. The van der Waals surface area contributed by atoms with Gasteiger partial charge in [-0.05, 0) is 31.4 Å². The van der Waals surface area contributed by atoms with Gasteiger partial charge >= 0.3 is 0 Å². The van der Waals surface area contributed by atoms with Gasteiger partial charge in [0, 0.05) is 18.8 Å². The van der Waals surface area contributed by atoms with Gasteiger partial charge in [0.2, 0.25) is 0 Å². The van der Waals surface area contributed by atoms with Crippen LogP contribution in [0.25, 0.3) is 0 Å². The zero-order valence-electron chi connectivity index (χ0n) is 9.69. The van der Waals surface area contributed by atoms with Crippen molar-refractivity contribution in [3.63, 3.8) is 0 Å². The standard InChI is InChI=1S/C13H19NO2/c1-11-4-2-3-5-12(11)14-8-6-13(16,10-15)7-9-14/h2-5,15-16H,6-10H2,1H3. The van der Waals surface area contributed by atoms with Gasteiger partial charge in [0.25, 0.3) is 0 Å². The van der Waals surface area contributed by atoms with Gasteiger partial charge in [-0.2, -0.15) is 0 Å². The highest BCUT2D eigenvalue weighted by Crippen LogP contribution is 2.27. The first-order chi connectivity index (χ1) is 7.64. The number of aliphatic hydroxyl groups excluding tert-OH is 1. The van der Waals surface area contributed by atoms with E-state index in [4.69, 9.17) is 5.11 Å². The van der Waals surface area contributed by atoms with Gasteiger partial charge in [0.05, 0.1) is 12.2 Å². The molecule has 0 unspecified atom stereocenters. The fourth-order valence-electron chi connectivity index (χ4n) is 2.24. The predicted octanol–water partition coefficient (Wildman–Crippen LogP) is 1.32. The molecule has 1 heterocycles. The van der Waals surface area contributed by atoms with Gasteiger partial charge in [-0.1, -0.05) is 18.2 Å². The summed E-state index contributed by atoms with van der Waals surface area (Å²) in [6, 6.07) is 8.28. The molecule has 3 nitrogen and oxygen atoms in total. The minimum atomic E-state index is -0.862. The zero-order chi connectivity index (χ0) is 11.6. The summed E-state index contributed by atoms with van der Waals surface area (Å²) in [5, 5.41) is 19.0. The Morgan fingerprint density at radius 2 is 1.88 bits per heavy atom. The van der Waals surface area contributed by atoms with Crippen LogP contribution in [0, 0.1) is 6.92 Å². The van der Waals surface area contributed by atoms with E-state index in [-0.39, 0.29) is 6.61 Å². The third-order valence-corrected chi connectivity index (χ3v) is 3.44. The van der Waals surface area contributed by atoms with Crippen LogP contribution in [0.5, 0.6) is 0 Å². The first-order valence-electron chi connectivity index (χ1n) is 5.78. The van der Waals surface area contributed by atoms with Crippen molar-refractivity contribution in [3.05, 3.63) is 29.8 Å². The van der Waals surface area contributed by atoms with Crippen molar-refractivity contribution in [1.82, 2.24) is 0 Å². The van der Waals surface area contributed by atoms with E-state index in [2.05, 4.69) is 24.0 Å². The Hall–Kier alpha value is -1.06. The molecule has 1 saturated heterocycles. The summed E-state index contributed by atoms with van der Waals surface area (Å²) in [5.74, 6) is 0. The van der Waals surface area contributed by atoms with Gasteiger partial charge < -0.3 is 15.1 Å². The monoisotopic (exact) mass is 221 g/mol. The number of aryl methyl sites for hydroxylation is 1. The van der Waals surface area contributed by atoms with Gasteiger partial charge in [-0.25, -0.2) is 0 Å². The molecule has 0 atom stereocenters. The van der Waals surface area contributed by atoms with Crippen molar-refractivity contribution in [1.29, 1.82) is 0 Å². The maximum absolute atomic E-state index is 9.94. The third-order valence-electron chi connectivity index (χ3n) is 3.44. The molecule has 0 spiro atoms. The fraction of sp³-hybridized carbons (Fsp3) is 0.538. The number of para-hydroxylation sites is 1. The minimum Gasteiger partial charge on any atom is -0.393 e. The Balaban J connectivity index is 2.07. The summed E-state index contributed by atoms with van der Waals surface area (Å²) in [6.07, 6.45) is 1.27.